The Morgan fingerprint density at radius 1 is 0.963 bits per heavy atom. The highest BCUT2D eigenvalue weighted by Gasteiger charge is 2.39. The minimum atomic E-state index is -0.987. The number of benzene rings is 2. The highest BCUT2D eigenvalue weighted by molar-refractivity contribution is 6.20. The van der Waals surface area contributed by atoms with Gasteiger partial charge >= 0.3 is 5.97 Å². The van der Waals surface area contributed by atoms with Gasteiger partial charge in [-0.15, -0.1) is 15.0 Å². The summed E-state index contributed by atoms with van der Waals surface area (Å²) in [5, 5.41) is 12.4. The van der Waals surface area contributed by atoms with Gasteiger partial charge in [0, 0.05) is 5.56 Å². The Morgan fingerprint density at radius 3 is 2.19 bits per heavy atom. The lowest BCUT2D eigenvalue weighted by Crippen LogP contribution is -2.35. The number of nitrogens with zero attached hydrogens (tertiary/aromatic N) is 5. The predicted molar refractivity (Wildman–Crippen MR) is 91.0 cm³/mol. The van der Waals surface area contributed by atoms with Crippen molar-refractivity contribution in [3.63, 3.8) is 0 Å². The quantitative estimate of drug-likeness (QED) is 0.649. The second kappa shape index (κ2) is 6.45. The molecular weight excluding hydrogens is 350 g/mol. The third-order valence-electron chi connectivity index (χ3n) is 4.09. The molecule has 2 amide bonds. The van der Waals surface area contributed by atoms with Gasteiger partial charge < -0.3 is 4.84 Å². The standard InChI is InChI=1S/C18H13N5O4/c1-11(23-20-15(19-21-23)12-7-3-2-4-8-12)18(26)27-22-16(24)13-9-5-6-10-14(13)17(22)25/h2-11H,1H3. The van der Waals surface area contributed by atoms with E-state index in [4.69, 9.17) is 4.84 Å². The molecule has 9 nitrogen and oxygen atoms in total. The smallest absolute Gasteiger partial charge is 0.327 e. The van der Waals surface area contributed by atoms with Crippen LogP contribution >= 0.6 is 0 Å². The Labute approximate surface area is 153 Å². The first-order valence-electron chi connectivity index (χ1n) is 8.11. The van der Waals surface area contributed by atoms with Crippen LogP contribution in [0.25, 0.3) is 11.4 Å². The lowest BCUT2D eigenvalue weighted by Gasteiger charge is -2.15. The lowest BCUT2D eigenvalue weighted by molar-refractivity contribution is -0.172. The number of hydrogen-bond acceptors (Lipinski definition) is 7. The summed E-state index contributed by atoms with van der Waals surface area (Å²) in [6, 6.07) is 14.4. The van der Waals surface area contributed by atoms with Gasteiger partial charge in [0.25, 0.3) is 11.8 Å². The van der Waals surface area contributed by atoms with Crippen molar-refractivity contribution in [2.24, 2.45) is 0 Å². The number of imide groups is 1. The van der Waals surface area contributed by atoms with Crippen LogP contribution in [0.1, 0.15) is 33.7 Å². The molecule has 0 saturated carbocycles. The average Bonchev–Trinajstić information content (AvgIpc) is 3.28. The second-order valence-corrected chi connectivity index (χ2v) is 5.84. The van der Waals surface area contributed by atoms with E-state index in [1.54, 1.807) is 12.1 Å². The summed E-state index contributed by atoms with van der Waals surface area (Å²) in [4.78, 5) is 43.0. The Morgan fingerprint density at radius 2 is 1.56 bits per heavy atom. The SMILES string of the molecule is CC(C(=O)ON1C(=O)c2ccccc2C1=O)n1nnc(-c2ccccc2)n1. The molecule has 1 aromatic heterocycles. The highest BCUT2D eigenvalue weighted by Crippen LogP contribution is 2.23. The Bertz CT molecular complexity index is 1010. The van der Waals surface area contributed by atoms with E-state index >= 15 is 0 Å². The predicted octanol–water partition coefficient (Wildman–Crippen LogP) is 1.66. The first kappa shape index (κ1) is 16.6. The van der Waals surface area contributed by atoms with Gasteiger partial charge in [-0.3, -0.25) is 9.59 Å². The molecule has 9 heteroatoms. The molecule has 0 fully saturated rings. The first-order chi connectivity index (χ1) is 13.1. The summed E-state index contributed by atoms with van der Waals surface area (Å²) in [7, 11) is 0. The highest BCUT2D eigenvalue weighted by atomic mass is 16.7. The van der Waals surface area contributed by atoms with Crippen molar-refractivity contribution < 1.29 is 19.2 Å². The van der Waals surface area contributed by atoms with Gasteiger partial charge in [0.05, 0.1) is 11.1 Å². The molecular formula is C18H13N5O4. The minimum absolute atomic E-state index is 0.188. The fourth-order valence-electron chi connectivity index (χ4n) is 2.60. The Balaban J connectivity index is 1.50. The number of hydrogen-bond donors (Lipinski definition) is 0. The first-order valence-corrected chi connectivity index (χ1v) is 8.11. The molecule has 0 radical (unpaired) electrons. The van der Waals surface area contributed by atoms with Gasteiger partial charge in [-0.1, -0.05) is 47.5 Å². The van der Waals surface area contributed by atoms with Crippen LogP contribution in [-0.2, 0) is 9.63 Å². The maximum atomic E-state index is 12.4. The van der Waals surface area contributed by atoms with Crippen molar-refractivity contribution in [2.45, 2.75) is 13.0 Å². The van der Waals surface area contributed by atoms with Gasteiger partial charge in [0.2, 0.25) is 5.82 Å². The molecule has 4 rings (SSSR count). The van der Waals surface area contributed by atoms with Crippen LogP contribution in [-0.4, -0.2) is 43.1 Å². The zero-order chi connectivity index (χ0) is 19.0. The maximum Gasteiger partial charge on any atom is 0.359 e. The number of rotatable bonds is 4. The lowest BCUT2D eigenvalue weighted by atomic mass is 10.1. The fourth-order valence-corrected chi connectivity index (χ4v) is 2.60. The van der Waals surface area contributed by atoms with Crippen LogP contribution < -0.4 is 0 Å². The number of tetrazole rings is 1. The molecule has 0 bridgehead atoms. The van der Waals surface area contributed by atoms with Crippen molar-refractivity contribution in [3.05, 3.63) is 65.7 Å². The van der Waals surface area contributed by atoms with Gasteiger partial charge in [0.1, 0.15) is 0 Å². The monoisotopic (exact) mass is 363 g/mol. The summed E-state index contributed by atoms with van der Waals surface area (Å²) in [6.45, 7) is 1.48. The molecule has 0 saturated heterocycles. The van der Waals surface area contributed by atoms with E-state index < -0.39 is 23.8 Å². The van der Waals surface area contributed by atoms with Gasteiger partial charge in [-0.25, -0.2) is 4.79 Å². The summed E-state index contributed by atoms with van der Waals surface area (Å²) < 4.78 is 0. The van der Waals surface area contributed by atoms with Crippen molar-refractivity contribution in [2.75, 3.05) is 0 Å². The average molecular weight is 363 g/mol. The molecule has 2 aromatic carbocycles. The van der Waals surface area contributed by atoms with Crippen molar-refractivity contribution in [1.29, 1.82) is 0 Å². The minimum Gasteiger partial charge on any atom is -0.327 e. The maximum absolute atomic E-state index is 12.4. The van der Waals surface area contributed by atoms with Crippen LogP contribution in [0.15, 0.2) is 54.6 Å². The number of fused-ring (bicyclic) bond motifs is 1. The fraction of sp³-hybridized carbons (Fsp3) is 0.111. The molecule has 0 spiro atoms. The molecule has 1 aliphatic heterocycles. The largest absolute Gasteiger partial charge is 0.359 e. The summed E-state index contributed by atoms with van der Waals surface area (Å²) in [5.41, 5.74) is 1.12. The third-order valence-corrected chi connectivity index (χ3v) is 4.09. The van der Waals surface area contributed by atoms with E-state index in [-0.39, 0.29) is 11.1 Å². The number of carbonyl (C=O) groups is 3. The molecule has 0 N–H and O–H groups in total. The Kier molecular flexibility index (Phi) is 3.96. The van der Waals surface area contributed by atoms with E-state index in [9.17, 15) is 14.4 Å². The van der Waals surface area contributed by atoms with Crippen LogP contribution in [0, 0.1) is 0 Å². The van der Waals surface area contributed by atoms with Crippen molar-refractivity contribution in [3.8, 4) is 11.4 Å². The number of aromatic nitrogens is 4. The molecule has 27 heavy (non-hydrogen) atoms. The van der Waals surface area contributed by atoms with E-state index in [2.05, 4.69) is 15.4 Å². The molecule has 134 valence electrons. The number of hydroxylamine groups is 2. The van der Waals surface area contributed by atoms with Gasteiger partial charge in [-0.2, -0.15) is 0 Å². The second-order valence-electron chi connectivity index (χ2n) is 5.84. The Hall–Kier alpha value is -3.88. The summed E-state index contributed by atoms with van der Waals surface area (Å²) in [5.74, 6) is -1.89. The summed E-state index contributed by atoms with van der Waals surface area (Å²) >= 11 is 0. The molecule has 1 unspecified atom stereocenters. The van der Waals surface area contributed by atoms with Crippen LogP contribution in [0.5, 0.6) is 0 Å². The topological polar surface area (TPSA) is 107 Å². The number of amides is 2. The van der Waals surface area contributed by atoms with E-state index in [1.165, 1.54) is 19.1 Å². The van der Waals surface area contributed by atoms with Gasteiger partial charge in [-0.05, 0) is 24.3 Å². The van der Waals surface area contributed by atoms with Crippen LogP contribution in [0.3, 0.4) is 0 Å². The zero-order valence-corrected chi connectivity index (χ0v) is 14.1. The molecule has 0 aliphatic carbocycles. The number of carbonyl (C=O) groups excluding carboxylic acids is 3. The normalized spacial score (nSPS) is 14.2. The van der Waals surface area contributed by atoms with Crippen molar-refractivity contribution >= 4 is 17.8 Å². The zero-order valence-electron chi connectivity index (χ0n) is 14.1. The van der Waals surface area contributed by atoms with Gasteiger partial charge in [0.15, 0.2) is 6.04 Å². The summed E-state index contributed by atoms with van der Waals surface area (Å²) in [6.07, 6.45) is 0. The molecule has 1 aliphatic rings. The molecule has 3 aromatic rings. The van der Waals surface area contributed by atoms with E-state index in [0.29, 0.717) is 10.9 Å². The molecule has 2 heterocycles. The molecule has 1 atom stereocenters. The van der Waals surface area contributed by atoms with Crippen LogP contribution in [0.4, 0.5) is 0 Å². The van der Waals surface area contributed by atoms with E-state index in [1.807, 2.05) is 30.3 Å². The van der Waals surface area contributed by atoms with E-state index in [0.717, 1.165) is 10.4 Å². The van der Waals surface area contributed by atoms with Crippen LogP contribution in [0.2, 0.25) is 0 Å². The third kappa shape index (κ3) is 2.84. The van der Waals surface area contributed by atoms with Crippen molar-refractivity contribution in [1.82, 2.24) is 25.3 Å².